The van der Waals surface area contributed by atoms with Gasteiger partial charge in [0, 0.05) is 12.8 Å². The molecule has 0 aliphatic heterocycles. The molecule has 0 aromatic heterocycles. The van der Waals surface area contributed by atoms with Crippen molar-refractivity contribution in [2.75, 3.05) is 0 Å². The van der Waals surface area contributed by atoms with Gasteiger partial charge in [-0.3, -0.25) is 9.59 Å². The molecule has 0 saturated heterocycles. The first-order valence-electron chi connectivity index (χ1n) is 10.7. The maximum Gasteiger partial charge on any atom is 0.240 e. The van der Waals surface area contributed by atoms with Crippen LogP contribution in [0.4, 0.5) is 0 Å². The zero-order chi connectivity index (χ0) is 23.0. The van der Waals surface area contributed by atoms with E-state index in [1.165, 1.54) is 12.4 Å². The average Bonchev–Trinajstić information content (AvgIpc) is 2.78. The van der Waals surface area contributed by atoms with Crippen molar-refractivity contribution in [1.29, 1.82) is 0 Å². The van der Waals surface area contributed by atoms with Crippen LogP contribution in [0, 0.1) is 0 Å². The number of hydrogen-bond donors (Lipinski definition) is 4. The number of rotatable bonds is 13. The van der Waals surface area contributed by atoms with E-state index in [0.717, 1.165) is 49.7 Å². The molecule has 8 heteroatoms. The Balaban J connectivity index is 1.43. The van der Waals surface area contributed by atoms with Crippen LogP contribution in [0.1, 0.15) is 62.5 Å². The Bertz CT molecular complexity index is 818. The van der Waals surface area contributed by atoms with Gasteiger partial charge in [-0.25, -0.2) is 10.9 Å². The number of unbranched alkanes of at least 4 members (excludes halogenated alkanes) is 5. The lowest BCUT2D eigenvalue weighted by Gasteiger charge is -2.02. The number of hydrogen-bond acceptors (Lipinski definition) is 6. The van der Waals surface area contributed by atoms with Gasteiger partial charge in [-0.1, -0.05) is 25.7 Å². The highest BCUT2D eigenvalue weighted by atomic mass is 16.3. The fraction of sp³-hybridized carbons (Fsp3) is 0.333. The largest absolute Gasteiger partial charge is 0.508 e. The van der Waals surface area contributed by atoms with E-state index in [1.54, 1.807) is 48.5 Å². The molecule has 2 aromatic rings. The van der Waals surface area contributed by atoms with Gasteiger partial charge in [-0.2, -0.15) is 10.2 Å². The van der Waals surface area contributed by atoms with Gasteiger partial charge >= 0.3 is 0 Å². The van der Waals surface area contributed by atoms with Gasteiger partial charge in [0.15, 0.2) is 0 Å². The van der Waals surface area contributed by atoms with Crippen LogP contribution in [0.5, 0.6) is 11.5 Å². The molecule has 2 amide bonds. The maximum atomic E-state index is 11.8. The molecule has 0 aliphatic rings. The van der Waals surface area contributed by atoms with Crippen molar-refractivity contribution in [1.82, 2.24) is 10.9 Å². The van der Waals surface area contributed by atoms with Gasteiger partial charge in [0.2, 0.25) is 11.8 Å². The third-order valence-electron chi connectivity index (χ3n) is 4.65. The molecule has 0 saturated carbocycles. The van der Waals surface area contributed by atoms with E-state index in [1.807, 2.05) is 0 Å². The quantitative estimate of drug-likeness (QED) is 0.216. The highest BCUT2D eigenvalue weighted by Gasteiger charge is 2.01. The standard InChI is InChI=1S/C24H30N4O4/c29-21-13-9-19(10-14-21)17-25-27-23(31)7-5-3-1-2-4-6-8-24(32)28-26-18-20-11-15-22(30)16-12-20/h9-18,29-30H,1-8H2,(H,27,31)(H,28,32)/b25-17-,26-18-. The lowest BCUT2D eigenvalue weighted by molar-refractivity contribution is -0.122. The van der Waals surface area contributed by atoms with E-state index in [0.29, 0.717) is 12.8 Å². The monoisotopic (exact) mass is 438 g/mol. The van der Waals surface area contributed by atoms with Gasteiger partial charge in [0.1, 0.15) is 11.5 Å². The number of carbonyl (C=O) groups excluding carboxylic acids is 2. The highest BCUT2D eigenvalue weighted by Crippen LogP contribution is 2.10. The topological polar surface area (TPSA) is 123 Å². The molecule has 0 bridgehead atoms. The summed E-state index contributed by atoms with van der Waals surface area (Å²) in [7, 11) is 0. The minimum absolute atomic E-state index is 0.121. The lowest BCUT2D eigenvalue weighted by atomic mass is 10.1. The number of nitrogens with zero attached hydrogens (tertiary/aromatic N) is 2. The summed E-state index contributed by atoms with van der Waals surface area (Å²) < 4.78 is 0. The Morgan fingerprint density at radius 3 is 1.34 bits per heavy atom. The van der Waals surface area contributed by atoms with E-state index < -0.39 is 0 Å². The summed E-state index contributed by atoms with van der Waals surface area (Å²) in [5.74, 6) is 0.130. The Morgan fingerprint density at radius 2 is 0.969 bits per heavy atom. The van der Waals surface area contributed by atoms with Gasteiger partial charge in [0.05, 0.1) is 12.4 Å². The molecule has 2 aromatic carbocycles. The third kappa shape index (κ3) is 10.9. The molecule has 0 aliphatic carbocycles. The van der Waals surface area contributed by atoms with Gasteiger partial charge in [0.25, 0.3) is 0 Å². The molecule has 0 atom stereocenters. The molecule has 0 fully saturated rings. The summed E-state index contributed by atoms with van der Waals surface area (Å²) in [4.78, 5) is 23.5. The molecule has 2 rings (SSSR count). The number of aromatic hydroxyl groups is 2. The van der Waals surface area contributed by atoms with E-state index in [4.69, 9.17) is 0 Å². The zero-order valence-electron chi connectivity index (χ0n) is 18.0. The number of amides is 2. The van der Waals surface area contributed by atoms with E-state index in [-0.39, 0.29) is 23.3 Å². The van der Waals surface area contributed by atoms with E-state index in [2.05, 4.69) is 21.1 Å². The maximum absolute atomic E-state index is 11.8. The van der Waals surface area contributed by atoms with E-state index >= 15 is 0 Å². The van der Waals surface area contributed by atoms with Gasteiger partial charge in [-0.05, 0) is 72.5 Å². The summed E-state index contributed by atoms with van der Waals surface area (Å²) in [6, 6.07) is 13.1. The number of benzene rings is 2. The summed E-state index contributed by atoms with van der Waals surface area (Å²) >= 11 is 0. The smallest absolute Gasteiger partial charge is 0.240 e. The average molecular weight is 439 g/mol. The van der Waals surface area contributed by atoms with Crippen molar-refractivity contribution in [3.05, 3.63) is 59.7 Å². The lowest BCUT2D eigenvalue weighted by Crippen LogP contribution is -2.17. The highest BCUT2D eigenvalue weighted by molar-refractivity contribution is 5.83. The number of nitrogens with one attached hydrogen (secondary N) is 2. The van der Waals surface area contributed by atoms with Crippen LogP contribution in [0.15, 0.2) is 58.7 Å². The Kier molecular flexibility index (Phi) is 11.0. The molecule has 170 valence electrons. The predicted octanol–water partition coefficient (Wildman–Crippen LogP) is 3.82. The van der Waals surface area contributed by atoms with Crippen molar-refractivity contribution in [2.45, 2.75) is 51.4 Å². The second kappa shape index (κ2) is 14.3. The summed E-state index contributed by atoms with van der Waals surface area (Å²) in [6.45, 7) is 0. The Morgan fingerprint density at radius 1 is 0.625 bits per heavy atom. The van der Waals surface area contributed by atoms with Crippen LogP contribution in [0.2, 0.25) is 0 Å². The number of hydrazone groups is 2. The second-order valence-corrected chi connectivity index (χ2v) is 7.39. The third-order valence-corrected chi connectivity index (χ3v) is 4.65. The van der Waals surface area contributed by atoms with Gasteiger partial charge in [-0.15, -0.1) is 0 Å². The van der Waals surface area contributed by atoms with Crippen molar-refractivity contribution in [2.24, 2.45) is 10.2 Å². The van der Waals surface area contributed by atoms with Crippen molar-refractivity contribution < 1.29 is 19.8 Å². The number of phenolic OH excluding ortho intramolecular Hbond substituents is 2. The first kappa shape index (κ1) is 24.6. The van der Waals surface area contributed by atoms with Crippen LogP contribution >= 0.6 is 0 Å². The molecule has 0 unspecified atom stereocenters. The van der Waals surface area contributed by atoms with Gasteiger partial charge < -0.3 is 10.2 Å². The first-order valence-corrected chi connectivity index (χ1v) is 10.7. The van der Waals surface area contributed by atoms with E-state index in [9.17, 15) is 19.8 Å². The second-order valence-electron chi connectivity index (χ2n) is 7.39. The zero-order valence-corrected chi connectivity index (χ0v) is 18.0. The van der Waals surface area contributed by atoms with Crippen molar-refractivity contribution in [3.8, 4) is 11.5 Å². The minimum atomic E-state index is -0.121. The molecule has 0 heterocycles. The molecule has 4 N–H and O–H groups in total. The molecular formula is C24H30N4O4. The van der Waals surface area contributed by atoms with Crippen LogP contribution in [0.3, 0.4) is 0 Å². The normalized spacial score (nSPS) is 11.1. The summed E-state index contributed by atoms with van der Waals surface area (Å²) in [5.41, 5.74) is 6.59. The fourth-order valence-corrected chi connectivity index (χ4v) is 2.87. The predicted molar refractivity (Wildman–Crippen MR) is 125 cm³/mol. The van der Waals surface area contributed by atoms with Crippen molar-refractivity contribution >= 4 is 24.2 Å². The molecule has 32 heavy (non-hydrogen) atoms. The molecular weight excluding hydrogens is 408 g/mol. The SMILES string of the molecule is O=C(CCCCCCCCC(=O)N/N=C\c1ccc(O)cc1)N/N=C\c1ccc(O)cc1. The summed E-state index contributed by atoms with van der Waals surface area (Å²) in [5, 5.41) is 26.2. The first-order chi connectivity index (χ1) is 15.5. The molecule has 0 spiro atoms. The summed E-state index contributed by atoms with van der Waals surface area (Å²) in [6.07, 6.45) is 9.47. The minimum Gasteiger partial charge on any atom is -0.508 e. The Hall–Kier alpha value is -3.68. The van der Waals surface area contributed by atoms with Crippen LogP contribution in [-0.4, -0.2) is 34.5 Å². The fourth-order valence-electron chi connectivity index (χ4n) is 2.87. The number of phenols is 2. The Labute approximate surface area is 188 Å². The molecule has 0 radical (unpaired) electrons. The number of carbonyl (C=O) groups is 2. The van der Waals surface area contributed by atoms with Crippen LogP contribution in [0.25, 0.3) is 0 Å². The van der Waals surface area contributed by atoms with Crippen LogP contribution < -0.4 is 10.9 Å². The van der Waals surface area contributed by atoms with Crippen LogP contribution in [-0.2, 0) is 9.59 Å². The van der Waals surface area contributed by atoms with Crippen molar-refractivity contribution in [3.63, 3.8) is 0 Å². The molecule has 8 nitrogen and oxygen atoms in total.